The summed E-state index contributed by atoms with van der Waals surface area (Å²) in [6.07, 6.45) is 5.72. The van der Waals surface area contributed by atoms with Crippen LogP contribution in [0.2, 0.25) is 0 Å². The molecule has 0 atom stereocenters. The molecule has 1 heterocycles. The Balaban J connectivity index is 1.58. The van der Waals surface area contributed by atoms with Gasteiger partial charge in [-0.1, -0.05) is 24.6 Å². The van der Waals surface area contributed by atoms with Gasteiger partial charge in [0.15, 0.2) is 0 Å². The Morgan fingerprint density at radius 2 is 2.10 bits per heavy atom. The van der Waals surface area contributed by atoms with Gasteiger partial charge in [-0.05, 0) is 44.2 Å². The molecule has 2 aliphatic rings. The van der Waals surface area contributed by atoms with Gasteiger partial charge in [0, 0.05) is 34.5 Å². The van der Waals surface area contributed by atoms with Crippen LogP contribution in [0, 0.1) is 12.8 Å². The summed E-state index contributed by atoms with van der Waals surface area (Å²) in [7, 11) is 0. The molecular weight excluding hydrogens is 260 g/mol. The predicted molar refractivity (Wildman–Crippen MR) is 84.3 cm³/mol. The third-order valence-corrected chi connectivity index (χ3v) is 5.35. The number of H-pyrrole nitrogens is 1. The highest BCUT2D eigenvalue weighted by Gasteiger charge is 2.47. The topological polar surface area (TPSA) is 44.9 Å². The van der Waals surface area contributed by atoms with Crippen molar-refractivity contribution in [2.24, 2.45) is 5.92 Å². The maximum absolute atomic E-state index is 12.1. The molecule has 0 saturated heterocycles. The van der Waals surface area contributed by atoms with Crippen molar-refractivity contribution in [2.75, 3.05) is 6.54 Å². The molecule has 0 bridgehead atoms. The number of amides is 1. The van der Waals surface area contributed by atoms with Crippen molar-refractivity contribution in [1.29, 1.82) is 0 Å². The van der Waals surface area contributed by atoms with E-state index in [2.05, 4.69) is 41.5 Å². The first-order valence-corrected chi connectivity index (χ1v) is 8.05. The zero-order valence-electron chi connectivity index (χ0n) is 12.5. The lowest BCUT2D eigenvalue weighted by Crippen LogP contribution is -2.39. The predicted octanol–water partition coefficient (Wildman–Crippen LogP) is 3.42. The smallest absolute Gasteiger partial charge is 0.223 e. The molecule has 0 unspecified atom stereocenters. The molecule has 110 valence electrons. The lowest BCUT2D eigenvalue weighted by atomic mass is 9.84. The second-order valence-electron chi connectivity index (χ2n) is 6.80. The van der Waals surface area contributed by atoms with Crippen LogP contribution in [-0.2, 0) is 10.2 Å². The number of nitrogens with one attached hydrogen (secondary N) is 2. The Labute approximate surface area is 125 Å². The van der Waals surface area contributed by atoms with Crippen molar-refractivity contribution in [3.05, 3.63) is 35.5 Å². The van der Waals surface area contributed by atoms with Crippen molar-refractivity contribution in [1.82, 2.24) is 10.3 Å². The number of rotatable bonds is 4. The molecule has 0 spiro atoms. The number of hydrogen-bond acceptors (Lipinski definition) is 1. The van der Waals surface area contributed by atoms with Crippen LogP contribution in [0.5, 0.6) is 0 Å². The molecule has 1 amide bonds. The highest BCUT2D eigenvalue weighted by molar-refractivity contribution is 5.86. The Bertz CT molecular complexity index is 692. The van der Waals surface area contributed by atoms with Crippen LogP contribution in [0.25, 0.3) is 10.9 Å². The van der Waals surface area contributed by atoms with Crippen LogP contribution in [-0.4, -0.2) is 17.4 Å². The summed E-state index contributed by atoms with van der Waals surface area (Å²) in [5.41, 5.74) is 4.06. The largest absolute Gasteiger partial charge is 0.358 e. The summed E-state index contributed by atoms with van der Waals surface area (Å²) in [6.45, 7) is 2.95. The van der Waals surface area contributed by atoms with Crippen LogP contribution in [0.15, 0.2) is 24.3 Å². The van der Waals surface area contributed by atoms with Gasteiger partial charge in [-0.2, -0.15) is 0 Å². The van der Waals surface area contributed by atoms with Crippen molar-refractivity contribution in [3.63, 3.8) is 0 Å². The Morgan fingerprint density at radius 1 is 1.33 bits per heavy atom. The Hall–Kier alpha value is -1.77. The Morgan fingerprint density at radius 3 is 2.76 bits per heavy atom. The van der Waals surface area contributed by atoms with Gasteiger partial charge < -0.3 is 10.3 Å². The monoisotopic (exact) mass is 282 g/mol. The van der Waals surface area contributed by atoms with E-state index in [0.717, 1.165) is 19.4 Å². The fourth-order valence-corrected chi connectivity index (χ4v) is 3.70. The third-order valence-electron chi connectivity index (χ3n) is 5.35. The van der Waals surface area contributed by atoms with Crippen molar-refractivity contribution < 1.29 is 4.79 Å². The number of hydrogen-bond donors (Lipinski definition) is 2. The second-order valence-corrected chi connectivity index (χ2v) is 6.80. The maximum atomic E-state index is 12.1. The van der Waals surface area contributed by atoms with Crippen molar-refractivity contribution in [2.45, 2.75) is 44.4 Å². The minimum Gasteiger partial charge on any atom is -0.358 e. The molecule has 3 nitrogen and oxygen atoms in total. The molecule has 2 fully saturated rings. The number of benzene rings is 1. The zero-order chi connectivity index (χ0) is 14.4. The summed E-state index contributed by atoms with van der Waals surface area (Å²) in [6, 6.07) is 8.50. The van der Waals surface area contributed by atoms with E-state index in [1.807, 2.05) is 0 Å². The number of aromatic amines is 1. The van der Waals surface area contributed by atoms with E-state index in [-0.39, 0.29) is 17.2 Å². The van der Waals surface area contributed by atoms with Gasteiger partial charge in [0.2, 0.25) is 5.91 Å². The highest BCUT2D eigenvalue weighted by Crippen LogP contribution is 2.51. The van der Waals surface area contributed by atoms with Gasteiger partial charge in [0.05, 0.1) is 0 Å². The average molecular weight is 282 g/mol. The fraction of sp³-hybridized carbons (Fsp3) is 0.500. The molecule has 1 aromatic carbocycles. The number of aryl methyl sites for hydroxylation is 1. The number of carbonyl (C=O) groups excluding carboxylic acids is 1. The summed E-state index contributed by atoms with van der Waals surface area (Å²) in [5, 5.41) is 4.54. The normalized spacial score (nSPS) is 20.2. The first-order valence-electron chi connectivity index (χ1n) is 8.05. The molecule has 2 saturated carbocycles. The molecule has 1 aromatic heterocycles. The summed E-state index contributed by atoms with van der Waals surface area (Å²) in [5.74, 6) is 0.551. The SMILES string of the molecule is Cc1[nH]c2ccccc2c1C1(CNC(=O)C2CCC2)CC1. The van der Waals surface area contributed by atoms with Crippen LogP contribution >= 0.6 is 0 Å². The summed E-state index contributed by atoms with van der Waals surface area (Å²) in [4.78, 5) is 15.6. The zero-order valence-corrected chi connectivity index (χ0v) is 12.5. The quantitative estimate of drug-likeness (QED) is 0.886. The lowest BCUT2D eigenvalue weighted by Gasteiger charge is -2.26. The molecule has 3 heteroatoms. The first-order chi connectivity index (χ1) is 10.2. The van der Waals surface area contributed by atoms with Crippen molar-refractivity contribution >= 4 is 16.8 Å². The average Bonchev–Trinajstić information content (AvgIpc) is 3.10. The third kappa shape index (κ3) is 2.06. The maximum Gasteiger partial charge on any atom is 0.223 e. The Kier molecular flexibility index (Phi) is 2.84. The van der Waals surface area contributed by atoms with Crippen molar-refractivity contribution in [3.8, 4) is 0 Å². The molecule has 2 N–H and O–H groups in total. The minimum absolute atomic E-state index is 0.170. The highest BCUT2D eigenvalue weighted by atomic mass is 16.1. The van der Waals surface area contributed by atoms with E-state index < -0.39 is 0 Å². The standard InChI is InChI=1S/C18H22N2O/c1-12-16(14-7-2-3-8-15(14)20-12)18(9-10-18)11-19-17(21)13-5-4-6-13/h2-3,7-8,13,20H,4-6,9-11H2,1H3,(H,19,21). The van der Waals surface area contributed by atoms with E-state index in [1.54, 1.807) is 0 Å². The van der Waals surface area contributed by atoms with Crippen LogP contribution in [0.3, 0.4) is 0 Å². The molecule has 4 rings (SSSR count). The lowest BCUT2D eigenvalue weighted by molar-refractivity contribution is -0.127. The molecule has 21 heavy (non-hydrogen) atoms. The van der Waals surface area contributed by atoms with Crippen LogP contribution in [0.1, 0.15) is 43.4 Å². The van der Waals surface area contributed by atoms with Gasteiger partial charge >= 0.3 is 0 Å². The molecule has 2 aromatic rings. The number of para-hydroxylation sites is 1. The van der Waals surface area contributed by atoms with Gasteiger partial charge in [0.25, 0.3) is 0 Å². The van der Waals surface area contributed by atoms with Gasteiger partial charge in [-0.15, -0.1) is 0 Å². The first kappa shape index (κ1) is 12.9. The summed E-state index contributed by atoms with van der Waals surface area (Å²) < 4.78 is 0. The van der Waals surface area contributed by atoms with Gasteiger partial charge in [-0.25, -0.2) is 0 Å². The molecule has 2 aliphatic carbocycles. The van der Waals surface area contributed by atoms with Gasteiger partial charge in [0.1, 0.15) is 0 Å². The summed E-state index contributed by atoms with van der Waals surface area (Å²) >= 11 is 0. The molecular formula is C18H22N2O. The number of aromatic nitrogens is 1. The number of fused-ring (bicyclic) bond motifs is 1. The van der Waals surface area contributed by atoms with E-state index in [1.165, 1.54) is 41.4 Å². The van der Waals surface area contributed by atoms with E-state index in [9.17, 15) is 4.79 Å². The number of carbonyl (C=O) groups is 1. The minimum atomic E-state index is 0.170. The van der Waals surface area contributed by atoms with E-state index >= 15 is 0 Å². The second kappa shape index (κ2) is 4.62. The van der Waals surface area contributed by atoms with Crippen LogP contribution < -0.4 is 5.32 Å². The molecule has 0 aliphatic heterocycles. The fourth-order valence-electron chi connectivity index (χ4n) is 3.70. The van der Waals surface area contributed by atoms with Gasteiger partial charge in [-0.3, -0.25) is 4.79 Å². The van der Waals surface area contributed by atoms with E-state index in [0.29, 0.717) is 0 Å². The molecule has 0 radical (unpaired) electrons. The van der Waals surface area contributed by atoms with E-state index in [4.69, 9.17) is 0 Å². The van der Waals surface area contributed by atoms with Crippen LogP contribution in [0.4, 0.5) is 0 Å².